The van der Waals surface area contributed by atoms with Gasteiger partial charge in [-0.15, -0.1) is 0 Å². The van der Waals surface area contributed by atoms with Crippen molar-refractivity contribution in [2.45, 2.75) is 54.9 Å². The van der Waals surface area contributed by atoms with E-state index in [2.05, 4.69) is 70.2 Å². The van der Waals surface area contributed by atoms with Crippen LogP contribution in [0.15, 0.2) is 42.5 Å². The molecule has 0 fully saturated rings. The minimum atomic E-state index is 0.213. The van der Waals surface area contributed by atoms with Gasteiger partial charge in [-0.05, 0) is 35.6 Å². The van der Waals surface area contributed by atoms with E-state index in [0.717, 1.165) is 12.3 Å². The Morgan fingerprint density at radius 1 is 0.909 bits per heavy atom. The van der Waals surface area contributed by atoms with Crippen molar-refractivity contribution >= 4 is 16.6 Å². The number of rotatable bonds is 2. The molecule has 0 bridgehead atoms. The highest BCUT2D eigenvalue weighted by atomic mass is 16.1. The van der Waals surface area contributed by atoms with Crippen molar-refractivity contribution in [3.8, 4) is 0 Å². The molecule has 0 N–H and O–H groups in total. The third-order valence-corrected chi connectivity index (χ3v) is 3.07. The molecule has 122 valence electrons. The Hall–Kier alpha value is -1.63. The number of hydrogen-bond donors (Lipinski definition) is 0. The summed E-state index contributed by atoms with van der Waals surface area (Å²) in [6, 6.07) is 15.0. The number of ketones is 1. The van der Waals surface area contributed by atoms with Gasteiger partial charge in [0.1, 0.15) is 5.78 Å². The zero-order valence-corrected chi connectivity index (χ0v) is 15.3. The van der Waals surface area contributed by atoms with Gasteiger partial charge in [0, 0.05) is 5.92 Å². The lowest BCUT2D eigenvalue weighted by Crippen LogP contribution is -1.98. The molecule has 1 heteroatoms. The molecule has 2 rings (SSSR count). The summed E-state index contributed by atoms with van der Waals surface area (Å²) in [6.07, 6.45) is 1.11. The average Bonchev–Trinajstić information content (AvgIpc) is 2.46. The van der Waals surface area contributed by atoms with Gasteiger partial charge in [-0.25, -0.2) is 0 Å². The van der Waals surface area contributed by atoms with Crippen molar-refractivity contribution in [1.82, 2.24) is 0 Å². The maximum Gasteiger partial charge on any atom is 0.132 e. The zero-order chi connectivity index (χ0) is 17.1. The first-order valence-corrected chi connectivity index (χ1v) is 8.26. The molecule has 1 nitrogen and oxygen atoms in total. The molecule has 0 amide bonds. The van der Waals surface area contributed by atoms with Crippen LogP contribution in [0.2, 0.25) is 0 Å². The lowest BCUT2D eigenvalue weighted by atomic mass is 10.0. The lowest BCUT2D eigenvalue weighted by molar-refractivity contribution is -0.119. The molecule has 0 aliphatic rings. The molecule has 22 heavy (non-hydrogen) atoms. The molecule has 0 heterocycles. The Bertz CT molecular complexity index is 545. The van der Waals surface area contributed by atoms with Gasteiger partial charge in [0.05, 0.1) is 0 Å². The van der Waals surface area contributed by atoms with Crippen molar-refractivity contribution in [3.63, 3.8) is 0 Å². The Labute approximate surface area is 136 Å². The summed E-state index contributed by atoms with van der Waals surface area (Å²) in [5.41, 5.74) is 1.44. The van der Waals surface area contributed by atoms with Crippen LogP contribution in [0.25, 0.3) is 10.8 Å². The maximum atomic E-state index is 10.1. The van der Waals surface area contributed by atoms with Crippen molar-refractivity contribution in [2.75, 3.05) is 0 Å². The summed E-state index contributed by atoms with van der Waals surface area (Å²) >= 11 is 0. The Balaban J connectivity index is 0.000000374. The molecule has 0 spiro atoms. The largest absolute Gasteiger partial charge is 0.300 e. The summed E-state index contributed by atoms with van der Waals surface area (Å²) in [5.74, 6) is 1.31. The third kappa shape index (κ3) is 8.61. The van der Waals surface area contributed by atoms with E-state index in [1.165, 1.54) is 16.3 Å². The van der Waals surface area contributed by atoms with Crippen LogP contribution >= 0.6 is 0 Å². The number of carbonyl (C=O) groups excluding carboxylic acids is 1. The van der Waals surface area contributed by atoms with Crippen LogP contribution in [0.4, 0.5) is 0 Å². The SMILES string of the molecule is CC(=O)C(C)C.CC(C)C.CCc1cccc2ccccc12. The summed E-state index contributed by atoms with van der Waals surface area (Å²) in [5, 5.41) is 2.74. The number of aryl methyl sites for hydroxylation is 1. The highest BCUT2D eigenvalue weighted by Crippen LogP contribution is 2.18. The van der Waals surface area contributed by atoms with Gasteiger partial charge >= 0.3 is 0 Å². The standard InChI is InChI=1S/C12H12.C5H10O.C4H10/c1-2-10-7-5-8-11-6-3-4-9-12(10)11;1-4(2)5(3)6;1-4(2)3/h3-9H,2H2,1H3;4H,1-3H3;4H,1-3H3. The molecule has 2 aromatic carbocycles. The van der Waals surface area contributed by atoms with Crippen molar-refractivity contribution < 1.29 is 4.79 Å². The van der Waals surface area contributed by atoms with Gasteiger partial charge in [0.25, 0.3) is 0 Å². The van der Waals surface area contributed by atoms with Crippen LogP contribution in [0.1, 0.15) is 54.0 Å². The van der Waals surface area contributed by atoms with E-state index < -0.39 is 0 Å². The van der Waals surface area contributed by atoms with E-state index in [1.54, 1.807) is 6.92 Å². The van der Waals surface area contributed by atoms with Crippen molar-refractivity contribution in [3.05, 3.63) is 48.0 Å². The van der Waals surface area contributed by atoms with Gasteiger partial charge in [0.2, 0.25) is 0 Å². The van der Waals surface area contributed by atoms with E-state index in [1.807, 2.05) is 13.8 Å². The molecular weight excluding hydrogens is 268 g/mol. The molecule has 0 saturated heterocycles. The predicted molar refractivity (Wildman–Crippen MR) is 99.4 cm³/mol. The van der Waals surface area contributed by atoms with Gasteiger partial charge < -0.3 is 0 Å². The second-order valence-electron chi connectivity index (χ2n) is 6.49. The number of carbonyl (C=O) groups is 1. The van der Waals surface area contributed by atoms with Crippen LogP contribution in [-0.2, 0) is 11.2 Å². The normalized spacial score (nSPS) is 9.86. The fraction of sp³-hybridized carbons (Fsp3) is 0.476. The van der Waals surface area contributed by atoms with Crippen molar-refractivity contribution in [1.29, 1.82) is 0 Å². The number of Topliss-reactive ketones (excluding diaryl/α,β-unsaturated/α-hetero) is 1. The number of fused-ring (bicyclic) bond motifs is 1. The first-order chi connectivity index (χ1) is 10.3. The quantitative estimate of drug-likeness (QED) is 0.636. The molecular formula is C21H32O. The number of benzene rings is 2. The molecule has 0 atom stereocenters. The van der Waals surface area contributed by atoms with Gasteiger partial charge in [-0.1, -0.05) is 84.0 Å². The van der Waals surface area contributed by atoms with E-state index >= 15 is 0 Å². The minimum absolute atomic E-state index is 0.213. The summed E-state index contributed by atoms with van der Waals surface area (Å²) < 4.78 is 0. The van der Waals surface area contributed by atoms with Crippen LogP contribution in [-0.4, -0.2) is 5.78 Å². The topological polar surface area (TPSA) is 17.1 Å². The summed E-state index contributed by atoms with van der Waals surface area (Å²) in [4.78, 5) is 10.1. The fourth-order valence-corrected chi connectivity index (χ4v) is 1.60. The van der Waals surface area contributed by atoms with Gasteiger partial charge in [0.15, 0.2) is 0 Å². The zero-order valence-electron chi connectivity index (χ0n) is 15.3. The van der Waals surface area contributed by atoms with Crippen LogP contribution in [0.5, 0.6) is 0 Å². The number of hydrogen-bond acceptors (Lipinski definition) is 1. The summed E-state index contributed by atoms with van der Waals surface area (Å²) in [6.45, 7) is 14.1. The fourth-order valence-electron chi connectivity index (χ4n) is 1.60. The van der Waals surface area contributed by atoms with Crippen LogP contribution in [0.3, 0.4) is 0 Å². The first kappa shape index (κ1) is 20.4. The van der Waals surface area contributed by atoms with Crippen LogP contribution in [0, 0.1) is 11.8 Å². The van der Waals surface area contributed by atoms with Gasteiger partial charge in [-0.3, -0.25) is 4.79 Å². The van der Waals surface area contributed by atoms with Gasteiger partial charge in [-0.2, -0.15) is 0 Å². The minimum Gasteiger partial charge on any atom is -0.300 e. The molecule has 0 unspecified atom stereocenters. The van der Waals surface area contributed by atoms with E-state index in [0.29, 0.717) is 0 Å². The van der Waals surface area contributed by atoms with E-state index in [-0.39, 0.29) is 11.7 Å². The molecule has 0 aliphatic heterocycles. The lowest BCUT2D eigenvalue weighted by Gasteiger charge is -2.02. The average molecular weight is 300 g/mol. The monoisotopic (exact) mass is 300 g/mol. The van der Waals surface area contributed by atoms with Crippen LogP contribution < -0.4 is 0 Å². The molecule has 2 aromatic rings. The Morgan fingerprint density at radius 3 is 1.82 bits per heavy atom. The second-order valence-corrected chi connectivity index (χ2v) is 6.49. The second kappa shape index (κ2) is 11.0. The predicted octanol–water partition coefficient (Wildman–Crippen LogP) is 6.30. The molecule has 0 saturated carbocycles. The molecule has 0 aliphatic carbocycles. The highest BCUT2D eigenvalue weighted by molar-refractivity contribution is 5.85. The summed E-state index contributed by atoms with van der Waals surface area (Å²) in [7, 11) is 0. The Kier molecular flexibility index (Phi) is 10.2. The smallest absolute Gasteiger partial charge is 0.132 e. The Morgan fingerprint density at radius 2 is 1.36 bits per heavy atom. The molecule has 0 radical (unpaired) electrons. The third-order valence-electron chi connectivity index (χ3n) is 3.07. The maximum absolute atomic E-state index is 10.1. The molecule has 0 aromatic heterocycles. The first-order valence-electron chi connectivity index (χ1n) is 8.26. The highest BCUT2D eigenvalue weighted by Gasteiger charge is 1.96. The van der Waals surface area contributed by atoms with Crippen molar-refractivity contribution in [2.24, 2.45) is 11.8 Å². The van der Waals surface area contributed by atoms with E-state index in [4.69, 9.17) is 0 Å². The van der Waals surface area contributed by atoms with E-state index in [9.17, 15) is 4.79 Å².